The Hall–Kier alpha value is -3.62. The molecule has 5 aromatic rings. The highest BCUT2D eigenvalue weighted by Gasteiger charge is 2.50. The third kappa shape index (κ3) is 3.77. The fourth-order valence-corrected chi connectivity index (χ4v) is 5.69. The Morgan fingerprint density at radius 2 is 2.06 bits per heavy atom. The van der Waals surface area contributed by atoms with Crippen molar-refractivity contribution in [3.63, 3.8) is 0 Å². The van der Waals surface area contributed by atoms with E-state index < -0.39 is 5.41 Å². The van der Waals surface area contributed by atoms with Crippen molar-refractivity contribution in [3.05, 3.63) is 75.9 Å². The Kier molecular flexibility index (Phi) is 5.58. The molecule has 4 heterocycles. The molecule has 0 spiro atoms. The monoisotopic (exact) mass is 498 g/mol. The van der Waals surface area contributed by atoms with Gasteiger partial charge in [0.15, 0.2) is 5.82 Å². The highest BCUT2D eigenvalue weighted by molar-refractivity contribution is 7.13. The molecule has 1 fully saturated rings. The summed E-state index contributed by atoms with van der Waals surface area (Å²) < 4.78 is 16.6. The second kappa shape index (κ2) is 8.80. The van der Waals surface area contributed by atoms with E-state index in [4.69, 9.17) is 4.98 Å². The Morgan fingerprint density at radius 3 is 2.78 bits per heavy atom. The van der Waals surface area contributed by atoms with Crippen LogP contribution in [0.4, 0.5) is 4.39 Å². The number of benzene rings is 1. The van der Waals surface area contributed by atoms with E-state index in [9.17, 15) is 0 Å². The second-order valence-corrected chi connectivity index (χ2v) is 10.6. The summed E-state index contributed by atoms with van der Waals surface area (Å²) in [4.78, 5) is 16.0. The number of aromatic amines is 2. The summed E-state index contributed by atoms with van der Waals surface area (Å²) in [6, 6.07) is 12.3. The van der Waals surface area contributed by atoms with Crippen LogP contribution in [0.25, 0.3) is 44.9 Å². The zero-order chi connectivity index (χ0) is 24.9. The molecule has 36 heavy (non-hydrogen) atoms. The molecule has 0 radical (unpaired) electrons. The van der Waals surface area contributed by atoms with E-state index >= 15 is 4.39 Å². The molecule has 1 saturated carbocycles. The number of pyridine rings is 1. The average molecular weight is 499 g/mol. The van der Waals surface area contributed by atoms with Crippen LogP contribution in [0.15, 0.2) is 54.2 Å². The first kappa shape index (κ1) is 22.8. The molecule has 1 aromatic carbocycles. The van der Waals surface area contributed by atoms with Gasteiger partial charge in [-0.2, -0.15) is 5.10 Å². The van der Waals surface area contributed by atoms with Gasteiger partial charge in [-0.1, -0.05) is 30.3 Å². The molecule has 8 heteroatoms. The van der Waals surface area contributed by atoms with Crippen molar-refractivity contribution >= 4 is 34.3 Å². The predicted molar refractivity (Wildman–Crippen MR) is 143 cm³/mol. The zero-order valence-electron chi connectivity index (χ0n) is 20.5. The first-order valence-electron chi connectivity index (χ1n) is 12.0. The molecule has 0 unspecified atom stereocenters. The maximum absolute atomic E-state index is 16.6. The summed E-state index contributed by atoms with van der Waals surface area (Å²) in [5.74, 6) is 0.376. The third-order valence-corrected chi connectivity index (χ3v) is 7.75. The van der Waals surface area contributed by atoms with Gasteiger partial charge in [-0.15, -0.1) is 11.3 Å². The first-order valence-corrected chi connectivity index (χ1v) is 12.9. The Labute approximate surface area is 212 Å². The Morgan fingerprint density at radius 1 is 1.19 bits per heavy atom. The van der Waals surface area contributed by atoms with E-state index in [-0.39, 0.29) is 5.83 Å². The molecule has 0 atom stereocenters. The van der Waals surface area contributed by atoms with Gasteiger partial charge in [0.25, 0.3) is 0 Å². The molecule has 1 aliphatic rings. The zero-order valence-corrected chi connectivity index (χ0v) is 21.3. The van der Waals surface area contributed by atoms with Gasteiger partial charge in [0.2, 0.25) is 0 Å². The van der Waals surface area contributed by atoms with Gasteiger partial charge >= 0.3 is 0 Å². The quantitative estimate of drug-likeness (QED) is 0.354. The molecule has 0 amide bonds. The van der Waals surface area contributed by atoms with Crippen molar-refractivity contribution in [3.8, 4) is 22.0 Å². The van der Waals surface area contributed by atoms with Crippen molar-refractivity contribution < 1.29 is 4.39 Å². The van der Waals surface area contributed by atoms with Crippen LogP contribution < -0.4 is 10.6 Å². The van der Waals surface area contributed by atoms with Crippen molar-refractivity contribution in [1.82, 2.24) is 30.0 Å². The summed E-state index contributed by atoms with van der Waals surface area (Å²) in [6.07, 6.45) is 6.99. The van der Waals surface area contributed by atoms with Crippen molar-refractivity contribution in [2.45, 2.75) is 31.7 Å². The molecule has 6 rings (SSSR count). The molecule has 6 nitrogen and oxygen atoms in total. The number of imidazole rings is 1. The van der Waals surface area contributed by atoms with Crippen LogP contribution in [-0.4, -0.2) is 44.1 Å². The van der Waals surface area contributed by atoms with E-state index in [1.807, 2.05) is 51.5 Å². The van der Waals surface area contributed by atoms with Crippen molar-refractivity contribution in [2.75, 3.05) is 14.1 Å². The number of aromatic nitrogens is 5. The van der Waals surface area contributed by atoms with Crippen LogP contribution >= 0.6 is 11.3 Å². The topological polar surface area (TPSA) is 73.5 Å². The van der Waals surface area contributed by atoms with Crippen LogP contribution in [0.5, 0.6) is 0 Å². The maximum Gasteiger partial charge on any atom is 0.159 e. The lowest BCUT2D eigenvalue weighted by molar-refractivity contribution is 0.401. The number of fused-ring (bicyclic) bond motifs is 1. The van der Waals surface area contributed by atoms with Gasteiger partial charge in [0.1, 0.15) is 11.5 Å². The summed E-state index contributed by atoms with van der Waals surface area (Å²) in [5, 5.41) is 10.7. The largest absolute Gasteiger partial charge is 0.337 e. The SMILES string of the molecule is C/C=c1/[nH]nc(-c2nc3c(-c4cccs4)cccc3[nH]2)/c1=C(\F)C1(c2cncc(CN(C)C)c2)CC1. The lowest BCUT2D eigenvalue weighted by Crippen LogP contribution is -2.29. The van der Waals surface area contributed by atoms with E-state index in [2.05, 4.69) is 48.6 Å². The van der Waals surface area contributed by atoms with Crippen LogP contribution in [0.3, 0.4) is 0 Å². The van der Waals surface area contributed by atoms with Gasteiger partial charge in [-0.05, 0) is 62.5 Å². The summed E-state index contributed by atoms with van der Waals surface area (Å²) >= 11 is 1.67. The summed E-state index contributed by atoms with van der Waals surface area (Å²) in [7, 11) is 4.04. The number of hydrogen-bond donors (Lipinski definition) is 2. The number of rotatable bonds is 6. The molecule has 2 N–H and O–H groups in total. The number of halogens is 1. The number of hydrogen-bond acceptors (Lipinski definition) is 5. The number of nitrogens with one attached hydrogen (secondary N) is 2. The fraction of sp³-hybridized carbons (Fsp3) is 0.250. The van der Waals surface area contributed by atoms with Gasteiger partial charge < -0.3 is 9.88 Å². The van der Waals surface area contributed by atoms with E-state index in [1.54, 1.807) is 17.5 Å². The molecular weight excluding hydrogens is 471 g/mol. The highest BCUT2D eigenvalue weighted by Crippen LogP contribution is 2.54. The van der Waals surface area contributed by atoms with E-state index in [0.29, 0.717) is 22.1 Å². The molecule has 1 aliphatic carbocycles. The van der Waals surface area contributed by atoms with Crippen molar-refractivity contribution in [1.29, 1.82) is 0 Å². The Balaban J connectivity index is 1.52. The molecular formula is C28H27FN6S. The maximum atomic E-state index is 16.6. The number of H-pyrrole nitrogens is 2. The summed E-state index contributed by atoms with van der Waals surface area (Å²) in [6.45, 7) is 2.65. The van der Waals surface area contributed by atoms with Gasteiger partial charge in [0, 0.05) is 34.8 Å². The third-order valence-electron chi connectivity index (χ3n) is 6.84. The van der Waals surface area contributed by atoms with Crippen LogP contribution in [0, 0.1) is 0 Å². The second-order valence-electron chi connectivity index (χ2n) is 9.63. The van der Waals surface area contributed by atoms with Crippen LogP contribution in [0.2, 0.25) is 0 Å². The lowest BCUT2D eigenvalue weighted by Gasteiger charge is -2.16. The van der Waals surface area contributed by atoms with E-state index in [1.165, 1.54) is 0 Å². The smallest absolute Gasteiger partial charge is 0.159 e. The van der Waals surface area contributed by atoms with Gasteiger partial charge in [0.05, 0.1) is 21.6 Å². The minimum atomic E-state index is -0.681. The van der Waals surface area contributed by atoms with Gasteiger partial charge in [-0.25, -0.2) is 9.37 Å². The number of thiophene rings is 1. The molecule has 4 aromatic heterocycles. The molecule has 0 saturated heterocycles. The van der Waals surface area contributed by atoms with Gasteiger partial charge in [-0.3, -0.25) is 10.1 Å². The normalized spacial score (nSPS) is 16.2. The lowest BCUT2D eigenvalue weighted by atomic mass is 9.93. The van der Waals surface area contributed by atoms with Crippen LogP contribution in [0.1, 0.15) is 30.9 Å². The average Bonchev–Trinajstić information content (AvgIpc) is 3.22. The number of nitrogens with zero attached hydrogens (tertiary/aromatic N) is 4. The minimum Gasteiger partial charge on any atom is -0.337 e. The molecule has 0 bridgehead atoms. The van der Waals surface area contributed by atoms with Crippen LogP contribution in [-0.2, 0) is 12.0 Å². The fourth-order valence-electron chi connectivity index (χ4n) is 4.93. The highest BCUT2D eigenvalue weighted by atomic mass is 32.1. The summed E-state index contributed by atoms with van der Waals surface area (Å²) in [5.41, 5.74) is 4.61. The number of para-hydroxylation sites is 1. The first-order chi connectivity index (χ1) is 17.5. The van der Waals surface area contributed by atoms with E-state index in [0.717, 1.165) is 52.0 Å². The predicted octanol–water partition coefficient (Wildman–Crippen LogP) is 4.75. The van der Waals surface area contributed by atoms with Crippen molar-refractivity contribution in [2.24, 2.45) is 0 Å². The Bertz CT molecular complexity index is 1670. The standard InChI is InChI=1S/C28H27FN6S/c1-4-20-23(26(29)28(10-11-28)18-13-17(14-30-15-18)16-35(2)3)25(34-33-20)27-31-21-8-5-7-19(24(21)32-27)22-9-6-12-36-22/h4-9,12-15,33H,10-11,16H2,1-3H3,(H,31,32)/b20-4+,26-23-. The minimum absolute atomic E-state index is 0.179. The molecule has 182 valence electrons. The molecule has 0 aliphatic heterocycles.